The summed E-state index contributed by atoms with van der Waals surface area (Å²) in [7, 11) is 0. The second-order valence-corrected chi connectivity index (χ2v) is 5.76. The third kappa shape index (κ3) is 1.40. The van der Waals surface area contributed by atoms with Gasteiger partial charge in [-0.3, -0.25) is 4.57 Å². The molecule has 3 aromatic rings. The zero-order valence-corrected chi connectivity index (χ0v) is 12.1. The molecule has 1 aromatic heterocycles. The fourth-order valence-corrected chi connectivity index (χ4v) is 3.12. The number of imidazole rings is 1. The number of rotatable bonds is 1. The van der Waals surface area contributed by atoms with E-state index >= 15 is 0 Å². The highest BCUT2D eigenvalue weighted by Crippen LogP contribution is 2.44. The quantitative estimate of drug-likeness (QED) is 0.744. The van der Waals surface area contributed by atoms with Crippen molar-refractivity contribution in [1.29, 1.82) is 0 Å². The Balaban J connectivity index is 2.04. The van der Waals surface area contributed by atoms with Gasteiger partial charge in [-0.1, -0.05) is 52.3 Å². The smallest absolute Gasteiger partial charge is 0.197 e. The zero-order chi connectivity index (χ0) is 13.7. The number of benzene rings is 2. The van der Waals surface area contributed by atoms with E-state index in [4.69, 9.17) is 0 Å². The zero-order valence-electron chi connectivity index (χ0n) is 10.5. The Hall–Kier alpha value is -1.91. The molecule has 1 atom stereocenters. The molecular weight excluding hydrogens is 316 g/mol. The molecule has 0 radical (unpaired) electrons. The van der Waals surface area contributed by atoms with Crippen LogP contribution in [0.3, 0.4) is 0 Å². The molecule has 2 heterocycles. The van der Waals surface area contributed by atoms with Crippen molar-refractivity contribution < 1.29 is 5.11 Å². The average molecular weight is 327 g/mol. The summed E-state index contributed by atoms with van der Waals surface area (Å²) in [5.74, 6) is 0.797. The minimum absolute atomic E-state index is 0.797. The van der Waals surface area contributed by atoms with E-state index in [1.165, 1.54) is 0 Å². The van der Waals surface area contributed by atoms with Crippen LogP contribution in [0.1, 0.15) is 11.1 Å². The Morgan fingerprint density at radius 3 is 2.60 bits per heavy atom. The molecule has 0 amide bonds. The Morgan fingerprint density at radius 1 is 1.05 bits per heavy atom. The Kier molecular flexibility index (Phi) is 2.40. The molecule has 3 nitrogen and oxygen atoms in total. The van der Waals surface area contributed by atoms with Crippen LogP contribution >= 0.6 is 15.9 Å². The van der Waals surface area contributed by atoms with E-state index in [9.17, 15) is 5.11 Å². The summed E-state index contributed by atoms with van der Waals surface area (Å²) in [6.07, 6.45) is 3.53. The van der Waals surface area contributed by atoms with Crippen molar-refractivity contribution in [1.82, 2.24) is 9.55 Å². The molecule has 4 rings (SSSR count). The molecule has 98 valence electrons. The Morgan fingerprint density at radius 2 is 1.80 bits per heavy atom. The van der Waals surface area contributed by atoms with Crippen LogP contribution in [0.4, 0.5) is 0 Å². The van der Waals surface area contributed by atoms with E-state index < -0.39 is 5.72 Å². The molecule has 2 aromatic carbocycles. The topological polar surface area (TPSA) is 38.1 Å². The summed E-state index contributed by atoms with van der Waals surface area (Å²) in [6.45, 7) is 0. The fraction of sp³-hybridized carbons (Fsp3) is 0.0625. The first-order valence-corrected chi connectivity index (χ1v) is 7.12. The second kappa shape index (κ2) is 4.04. The van der Waals surface area contributed by atoms with Crippen LogP contribution < -0.4 is 0 Å². The van der Waals surface area contributed by atoms with Gasteiger partial charge in [0.25, 0.3) is 0 Å². The molecule has 20 heavy (non-hydrogen) atoms. The van der Waals surface area contributed by atoms with Crippen molar-refractivity contribution >= 4 is 15.9 Å². The monoisotopic (exact) mass is 326 g/mol. The van der Waals surface area contributed by atoms with Gasteiger partial charge in [-0.05, 0) is 12.1 Å². The second-order valence-electron chi connectivity index (χ2n) is 4.85. The van der Waals surface area contributed by atoms with Crippen molar-refractivity contribution in [3.05, 3.63) is 76.5 Å². The third-order valence-corrected chi connectivity index (χ3v) is 4.31. The van der Waals surface area contributed by atoms with Crippen LogP contribution in [-0.4, -0.2) is 14.7 Å². The fourth-order valence-electron chi connectivity index (χ4n) is 2.85. The molecule has 1 aliphatic rings. The average Bonchev–Trinajstić information content (AvgIpc) is 3.04. The van der Waals surface area contributed by atoms with E-state index in [-0.39, 0.29) is 0 Å². The van der Waals surface area contributed by atoms with Gasteiger partial charge in [-0.2, -0.15) is 0 Å². The first-order valence-electron chi connectivity index (χ1n) is 6.33. The summed E-state index contributed by atoms with van der Waals surface area (Å²) in [5.41, 5.74) is 1.47. The molecule has 1 aliphatic heterocycles. The molecule has 0 fully saturated rings. The molecule has 0 saturated heterocycles. The van der Waals surface area contributed by atoms with E-state index in [0.717, 1.165) is 27.0 Å². The number of aromatic nitrogens is 2. The Bertz CT molecular complexity index is 794. The van der Waals surface area contributed by atoms with Gasteiger partial charge in [0.05, 0.1) is 0 Å². The highest BCUT2D eigenvalue weighted by Gasteiger charge is 2.43. The van der Waals surface area contributed by atoms with E-state index in [1.54, 1.807) is 6.20 Å². The van der Waals surface area contributed by atoms with Gasteiger partial charge in [0.1, 0.15) is 5.82 Å². The van der Waals surface area contributed by atoms with E-state index in [2.05, 4.69) is 20.9 Å². The van der Waals surface area contributed by atoms with Gasteiger partial charge in [0, 0.05) is 33.6 Å². The summed E-state index contributed by atoms with van der Waals surface area (Å²) < 4.78 is 2.81. The number of aliphatic hydroxyl groups is 1. The summed E-state index contributed by atoms with van der Waals surface area (Å²) >= 11 is 3.43. The SMILES string of the molecule is OC1(c2ccc(Br)cc2)c2ccccc2-c2nccn21. The number of halogens is 1. The molecule has 0 saturated carbocycles. The lowest BCUT2D eigenvalue weighted by Gasteiger charge is -2.27. The van der Waals surface area contributed by atoms with Crippen LogP contribution in [0.25, 0.3) is 11.4 Å². The lowest BCUT2D eigenvalue weighted by Crippen LogP contribution is -2.32. The number of hydrogen-bond donors (Lipinski definition) is 1. The molecule has 1 N–H and O–H groups in total. The largest absolute Gasteiger partial charge is 0.363 e. The third-order valence-electron chi connectivity index (χ3n) is 3.78. The molecule has 0 aliphatic carbocycles. The number of fused-ring (bicyclic) bond motifs is 3. The lowest BCUT2D eigenvalue weighted by atomic mass is 9.94. The van der Waals surface area contributed by atoms with Crippen molar-refractivity contribution in [3.63, 3.8) is 0 Å². The molecule has 0 spiro atoms. The highest BCUT2D eigenvalue weighted by atomic mass is 79.9. The predicted molar refractivity (Wildman–Crippen MR) is 80.2 cm³/mol. The van der Waals surface area contributed by atoms with Gasteiger partial charge in [0.15, 0.2) is 5.72 Å². The van der Waals surface area contributed by atoms with Crippen molar-refractivity contribution in [3.8, 4) is 11.4 Å². The molecule has 0 bridgehead atoms. The maximum atomic E-state index is 11.4. The van der Waals surface area contributed by atoms with E-state index in [0.29, 0.717) is 0 Å². The van der Waals surface area contributed by atoms with Gasteiger partial charge >= 0.3 is 0 Å². The summed E-state index contributed by atoms with van der Waals surface area (Å²) in [4.78, 5) is 4.37. The van der Waals surface area contributed by atoms with Crippen molar-refractivity contribution in [2.24, 2.45) is 0 Å². The van der Waals surface area contributed by atoms with Crippen LogP contribution in [0, 0.1) is 0 Å². The van der Waals surface area contributed by atoms with Gasteiger partial charge in [0.2, 0.25) is 0 Å². The molecule has 1 unspecified atom stereocenters. The van der Waals surface area contributed by atoms with Crippen LogP contribution in [0.15, 0.2) is 65.4 Å². The minimum atomic E-state index is -1.19. The first-order chi connectivity index (χ1) is 9.71. The maximum absolute atomic E-state index is 11.4. The minimum Gasteiger partial charge on any atom is -0.363 e. The first kappa shape index (κ1) is 11.9. The molecule has 4 heteroatoms. The van der Waals surface area contributed by atoms with Gasteiger partial charge in [-0.25, -0.2) is 4.98 Å². The Labute approximate surface area is 124 Å². The summed E-state index contributed by atoms with van der Waals surface area (Å²) in [6, 6.07) is 15.6. The predicted octanol–water partition coefficient (Wildman–Crippen LogP) is 3.37. The van der Waals surface area contributed by atoms with Crippen LogP contribution in [0.2, 0.25) is 0 Å². The number of nitrogens with zero attached hydrogens (tertiary/aromatic N) is 2. The van der Waals surface area contributed by atoms with Gasteiger partial charge < -0.3 is 5.11 Å². The lowest BCUT2D eigenvalue weighted by molar-refractivity contribution is 0.0572. The van der Waals surface area contributed by atoms with E-state index in [1.807, 2.05) is 59.3 Å². The summed E-state index contributed by atoms with van der Waals surface area (Å²) in [5, 5.41) is 11.4. The maximum Gasteiger partial charge on any atom is 0.197 e. The van der Waals surface area contributed by atoms with Gasteiger partial charge in [-0.15, -0.1) is 0 Å². The van der Waals surface area contributed by atoms with Crippen LogP contribution in [-0.2, 0) is 5.72 Å². The van der Waals surface area contributed by atoms with Crippen molar-refractivity contribution in [2.75, 3.05) is 0 Å². The number of hydrogen-bond acceptors (Lipinski definition) is 2. The normalized spacial score (nSPS) is 19.7. The van der Waals surface area contributed by atoms with Crippen LogP contribution in [0.5, 0.6) is 0 Å². The standard InChI is InChI=1S/C16H11BrN2O/c17-12-7-5-11(6-8-12)16(20)14-4-2-1-3-13(14)15-18-9-10-19(15)16/h1-10,20H. The highest BCUT2D eigenvalue weighted by molar-refractivity contribution is 9.10. The van der Waals surface area contributed by atoms with Crippen molar-refractivity contribution in [2.45, 2.75) is 5.72 Å². The molecular formula is C16H11BrN2O.